The van der Waals surface area contributed by atoms with Crippen LogP contribution in [0.4, 0.5) is 0 Å². The first-order valence-electron chi connectivity index (χ1n) is 4.88. The Bertz CT molecular complexity index is 262. The molecule has 15 heavy (non-hydrogen) atoms. The monoisotopic (exact) mass is 206 g/mol. The van der Waals surface area contributed by atoms with Gasteiger partial charge < -0.3 is 5.11 Å². The summed E-state index contributed by atoms with van der Waals surface area (Å²) in [5.74, 6) is -0.742. The van der Waals surface area contributed by atoms with Crippen LogP contribution >= 0.6 is 0 Å². The van der Waals surface area contributed by atoms with Crippen LogP contribution in [-0.4, -0.2) is 11.1 Å². The summed E-state index contributed by atoms with van der Waals surface area (Å²) < 4.78 is 0. The molecule has 0 saturated heterocycles. The molecule has 0 heterocycles. The largest absolute Gasteiger partial charge is 0.481 e. The highest BCUT2D eigenvalue weighted by molar-refractivity contribution is 5.67. The number of benzene rings is 1. The van der Waals surface area contributed by atoms with Crippen LogP contribution in [0.15, 0.2) is 30.3 Å². The SMILES string of the molecule is C#C.CC.O=C(O)CCc1ccccc1. The first kappa shape index (κ1) is 15.7. The van der Waals surface area contributed by atoms with E-state index in [4.69, 9.17) is 5.11 Å². The zero-order valence-electron chi connectivity index (χ0n) is 9.31. The van der Waals surface area contributed by atoms with Crippen molar-refractivity contribution in [3.05, 3.63) is 35.9 Å². The summed E-state index contributed by atoms with van der Waals surface area (Å²) in [7, 11) is 0. The van der Waals surface area contributed by atoms with Crippen LogP contribution in [0.2, 0.25) is 0 Å². The number of aliphatic carboxylic acids is 1. The average Bonchev–Trinajstić information content (AvgIpc) is 2.33. The lowest BCUT2D eigenvalue weighted by molar-refractivity contribution is -0.136. The van der Waals surface area contributed by atoms with Crippen molar-refractivity contribution < 1.29 is 9.90 Å². The van der Waals surface area contributed by atoms with Crippen LogP contribution in [0.3, 0.4) is 0 Å². The van der Waals surface area contributed by atoms with E-state index in [-0.39, 0.29) is 6.42 Å². The Kier molecular flexibility index (Phi) is 12.8. The molecular weight excluding hydrogens is 188 g/mol. The van der Waals surface area contributed by atoms with E-state index in [1.165, 1.54) is 0 Å². The van der Waals surface area contributed by atoms with Crippen molar-refractivity contribution in [2.24, 2.45) is 0 Å². The summed E-state index contributed by atoms with van der Waals surface area (Å²) in [5, 5.41) is 8.37. The fourth-order valence-electron chi connectivity index (χ4n) is 0.896. The molecule has 0 aliphatic heterocycles. The van der Waals surface area contributed by atoms with Gasteiger partial charge in [-0.2, -0.15) is 0 Å². The molecular formula is C13H18O2. The standard InChI is InChI=1S/C9H10O2.C2H6.C2H2/c10-9(11)7-6-8-4-2-1-3-5-8;2*1-2/h1-5H,6-7H2,(H,10,11);1-2H3;1-2H. The molecule has 0 spiro atoms. The predicted molar refractivity (Wildman–Crippen MR) is 63.6 cm³/mol. The number of terminal acetylenes is 1. The molecule has 1 aromatic rings. The predicted octanol–water partition coefficient (Wildman–Crippen LogP) is 2.98. The number of aryl methyl sites for hydroxylation is 1. The Labute approximate surface area is 92.0 Å². The highest BCUT2D eigenvalue weighted by Crippen LogP contribution is 2.01. The molecule has 0 saturated carbocycles. The van der Waals surface area contributed by atoms with Gasteiger partial charge in [0.25, 0.3) is 0 Å². The lowest BCUT2D eigenvalue weighted by Crippen LogP contribution is -1.96. The number of carboxylic acids is 1. The van der Waals surface area contributed by atoms with Crippen molar-refractivity contribution in [1.82, 2.24) is 0 Å². The molecule has 82 valence electrons. The minimum absolute atomic E-state index is 0.212. The summed E-state index contributed by atoms with van der Waals surface area (Å²) in [6, 6.07) is 9.62. The molecule has 0 unspecified atom stereocenters. The molecule has 1 N–H and O–H groups in total. The van der Waals surface area contributed by atoms with Crippen molar-refractivity contribution >= 4 is 5.97 Å². The van der Waals surface area contributed by atoms with Crippen LogP contribution in [0, 0.1) is 12.8 Å². The molecule has 2 heteroatoms. The van der Waals surface area contributed by atoms with Gasteiger partial charge in [0.1, 0.15) is 0 Å². The molecule has 0 atom stereocenters. The number of hydrogen-bond acceptors (Lipinski definition) is 1. The van der Waals surface area contributed by atoms with E-state index in [2.05, 4.69) is 12.8 Å². The Balaban J connectivity index is 0. The molecule has 0 radical (unpaired) electrons. The van der Waals surface area contributed by atoms with Crippen LogP contribution in [0.5, 0.6) is 0 Å². The summed E-state index contributed by atoms with van der Waals surface area (Å²) in [5.41, 5.74) is 1.08. The minimum Gasteiger partial charge on any atom is -0.481 e. The molecule has 0 amide bonds. The molecule has 0 aliphatic rings. The molecule has 1 rings (SSSR count). The fraction of sp³-hybridized carbons (Fsp3) is 0.308. The molecule has 0 aliphatic carbocycles. The Morgan fingerprint density at radius 2 is 1.67 bits per heavy atom. The first-order chi connectivity index (χ1) is 7.29. The highest BCUT2D eigenvalue weighted by Gasteiger charge is 1.96. The lowest BCUT2D eigenvalue weighted by Gasteiger charge is -1.95. The maximum absolute atomic E-state index is 10.2. The summed E-state index contributed by atoms with van der Waals surface area (Å²) in [6.07, 6.45) is 8.83. The fourth-order valence-corrected chi connectivity index (χ4v) is 0.896. The maximum atomic E-state index is 10.2. The van der Waals surface area contributed by atoms with E-state index in [1.54, 1.807) is 0 Å². The van der Waals surface area contributed by atoms with E-state index < -0.39 is 5.97 Å². The van der Waals surface area contributed by atoms with E-state index in [1.807, 2.05) is 44.2 Å². The first-order valence-corrected chi connectivity index (χ1v) is 4.88. The zero-order valence-corrected chi connectivity index (χ0v) is 9.31. The lowest BCUT2D eigenvalue weighted by atomic mass is 10.1. The Hall–Kier alpha value is -1.75. The van der Waals surface area contributed by atoms with Gasteiger partial charge in [0, 0.05) is 6.42 Å². The molecule has 1 aromatic carbocycles. The van der Waals surface area contributed by atoms with Gasteiger partial charge in [0.05, 0.1) is 0 Å². The molecule has 2 nitrogen and oxygen atoms in total. The molecule has 0 aromatic heterocycles. The van der Waals surface area contributed by atoms with Gasteiger partial charge in [-0.25, -0.2) is 0 Å². The summed E-state index contributed by atoms with van der Waals surface area (Å²) in [4.78, 5) is 10.2. The number of carboxylic acid groups (broad SMARTS) is 1. The van der Waals surface area contributed by atoms with E-state index in [9.17, 15) is 4.79 Å². The van der Waals surface area contributed by atoms with Gasteiger partial charge in [-0.05, 0) is 12.0 Å². The zero-order chi connectivity index (χ0) is 12.1. The number of hydrogen-bond donors (Lipinski definition) is 1. The third-order valence-corrected chi connectivity index (χ3v) is 1.47. The van der Waals surface area contributed by atoms with Crippen molar-refractivity contribution in [2.45, 2.75) is 26.7 Å². The van der Waals surface area contributed by atoms with Gasteiger partial charge in [-0.1, -0.05) is 44.2 Å². The smallest absolute Gasteiger partial charge is 0.303 e. The average molecular weight is 206 g/mol. The van der Waals surface area contributed by atoms with Crippen LogP contribution in [-0.2, 0) is 11.2 Å². The van der Waals surface area contributed by atoms with E-state index >= 15 is 0 Å². The van der Waals surface area contributed by atoms with Gasteiger partial charge >= 0.3 is 5.97 Å². The third-order valence-electron chi connectivity index (χ3n) is 1.47. The Morgan fingerprint density at radius 1 is 1.20 bits per heavy atom. The van der Waals surface area contributed by atoms with Crippen molar-refractivity contribution in [3.63, 3.8) is 0 Å². The molecule has 0 bridgehead atoms. The van der Waals surface area contributed by atoms with E-state index in [0.29, 0.717) is 6.42 Å². The van der Waals surface area contributed by atoms with Crippen LogP contribution in [0.25, 0.3) is 0 Å². The second kappa shape index (κ2) is 12.2. The summed E-state index contributed by atoms with van der Waals surface area (Å²) in [6.45, 7) is 4.00. The van der Waals surface area contributed by atoms with Gasteiger partial charge in [-0.15, -0.1) is 12.8 Å². The third kappa shape index (κ3) is 10.2. The number of carbonyl (C=O) groups is 1. The normalized spacial score (nSPS) is 7.47. The highest BCUT2D eigenvalue weighted by atomic mass is 16.4. The second-order valence-electron chi connectivity index (χ2n) is 2.38. The topological polar surface area (TPSA) is 37.3 Å². The minimum atomic E-state index is -0.742. The van der Waals surface area contributed by atoms with Crippen molar-refractivity contribution in [1.29, 1.82) is 0 Å². The van der Waals surface area contributed by atoms with Crippen molar-refractivity contribution in [3.8, 4) is 12.8 Å². The Morgan fingerprint density at radius 3 is 2.07 bits per heavy atom. The maximum Gasteiger partial charge on any atom is 0.303 e. The summed E-state index contributed by atoms with van der Waals surface area (Å²) >= 11 is 0. The van der Waals surface area contributed by atoms with Gasteiger partial charge in [-0.3, -0.25) is 4.79 Å². The van der Waals surface area contributed by atoms with Gasteiger partial charge in [0.2, 0.25) is 0 Å². The number of rotatable bonds is 3. The second-order valence-corrected chi connectivity index (χ2v) is 2.38. The molecule has 0 fully saturated rings. The van der Waals surface area contributed by atoms with Crippen LogP contribution < -0.4 is 0 Å². The van der Waals surface area contributed by atoms with Crippen molar-refractivity contribution in [2.75, 3.05) is 0 Å². The quantitative estimate of drug-likeness (QED) is 0.772. The van der Waals surface area contributed by atoms with Crippen LogP contribution in [0.1, 0.15) is 25.8 Å². The van der Waals surface area contributed by atoms with Gasteiger partial charge in [0.15, 0.2) is 0 Å². The van der Waals surface area contributed by atoms with E-state index in [0.717, 1.165) is 5.56 Å².